The summed E-state index contributed by atoms with van der Waals surface area (Å²) in [6.45, 7) is 1.70. The van der Waals surface area contributed by atoms with E-state index in [4.69, 9.17) is 0 Å². The molecule has 0 saturated carbocycles. The first-order valence-electron chi connectivity index (χ1n) is 6.74. The molecule has 0 saturated heterocycles. The zero-order chi connectivity index (χ0) is 14.5. The van der Waals surface area contributed by atoms with Crippen LogP contribution in [0.2, 0.25) is 0 Å². The van der Waals surface area contributed by atoms with E-state index in [1.165, 1.54) is 23.4 Å². The average Bonchev–Trinajstić information content (AvgIpc) is 2.42. The van der Waals surface area contributed by atoms with E-state index in [0.717, 1.165) is 18.7 Å². The molecule has 0 heterocycles. The monoisotopic (exact) mass is 272 g/mol. The molecule has 0 unspecified atom stereocenters. The highest BCUT2D eigenvalue weighted by Gasteiger charge is 2.03. The molecule has 0 atom stereocenters. The van der Waals surface area contributed by atoms with Crippen molar-refractivity contribution in [2.45, 2.75) is 13.1 Å². The smallest absolute Gasteiger partial charge is 0.123 e. The highest BCUT2D eigenvalue weighted by Crippen LogP contribution is 2.14. The maximum absolute atomic E-state index is 12.9. The molecule has 0 bridgehead atoms. The Bertz CT molecular complexity index is 532. The molecule has 2 rings (SSSR count). The molecule has 0 amide bonds. The molecule has 0 aliphatic heterocycles. The van der Waals surface area contributed by atoms with Crippen molar-refractivity contribution in [2.75, 3.05) is 26.0 Å². The van der Waals surface area contributed by atoms with Crippen LogP contribution in [0.25, 0.3) is 0 Å². The number of hydrogen-bond acceptors (Lipinski definition) is 2. The molecule has 0 radical (unpaired) electrons. The predicted octanol–water partition coefficient (Wildman–Crippen LogP) is 3.52. The molecular weight excluding hydrogens is 251 g/mol. The van der Waals surface area contributed by atoms with Gasteiger partial charge in [0.15, 0.2) is 0 Å². The highest BCUT2D eigenvalue weighted by atomic mass is 19.1. The Morgan fingerprint density at radius 2 is 1.20 bits per heavy atom. The molecule has 106 valence electrons. The molecule has 0 aliphatic rings. The predicted molar refractivity (Wildman–Crippen MR) is 82.3 cm³/mol. The van der Waals surface area contributed by atoms with Gasteiger partial charge in [-0.1, -0.05) is 24.3 Å². The normalized spacial score (nSPS) is 10.8. The first kappa shape index (κ1) is 14.5. The van der Waals surface area contributed by atoms with Crippen LogP contribution in [0.4, 0.5) is 10.1 Å². The summed E-state index contributed by atoms with van der Waals surface area (Å²) in [5.74, 6) is -0.185. The summed E-state index contributed by atoms with van der Waals surface area (Å²) in [5.41, 5.74) is 3.61. The second-order valence-corrected chi connectivity index (χ2v) is 5.36. The lowest BCUT2D eigenvalue weighted by Gasteiger charge is -2.18. The minimum absolute atomic E-state index is 0.185. The topological polar surface area (TPSA) is 6.48 Å². The van der Waals surface area contributed by atoms with Crippen LogP contribution in [0.5, 0.6) is 0 Å². The van der Waals surface area contributed by atoms with Crippen molar-refractivity contribution >= 4 is 5.69 Å². The van der Waals surface area contributed by atoms with E-state index in [1.54, 1.807) is 0 Å². The Hall–Kier alpha value is -1.87. The Labute approximate surface area is 120 Å². The van der Waals surface area contributed by atoms with E-state index in [1.807, 2.05) is 26.2 Å². The van der Waals surface area contributed by atoms with E-state index >= 15 is 0 Å². The van der Waals surface area contributed by atoms with Crippen molar-refractivity contribution in [3.05, 3.63) is 65.5 Å². The molecule has 2 aromatic carbocycles. The lowest BCUT2D eigenvalue weighted by Crippen LogP contribution is -2.17. The van der Waals surface area contributed by atoms with Gasteiger partial charge in [0, 0.05) is 32.9 Å². The van der Waals surface area contributed by atoms with Gasteiger partial charge in [-0.25, -0.2) is 4.39 Å². The second kappa shape index (κ2) is 6.53. The summed E-state index contributed by atoms with van der Waals surface area (Å²) in [6, 6.07) is 15.2. The first-order chi connectivity index (χ1) is 9.54. The van der Waals surface area contributed by atoms with Crippen molar-refractivity contribution in [1.82, 2.24) is 4.90 Å². The summed E-state index contributed by atoms with van der Waals surface area (Å²) in [4.78, 5) is 4.31. The van der Waals surface area contributed by atoms with Crippen molar-refractivity contribution < 1.29 is 4.39 Å². The van der Waals surface area contributed by atoms with Crippen LogP contribution in [-0.4, -0.2) is 26.0 Å². The van der Waals surface area contributed by atoms with Crippen molar-refractivity contribution in [1.29, 1.82) is 0 Å². The minimum Gasteiger partial charge on any atom is -0.378 e. The zero-order valence-corrected chi connectivity index (χ0v) is 12.3. The van der Waals surface area contributed by atoms with E-state index in [0.29, 0.717) is 0 Å². The van der Waals surface area contributed by atoms with Crippen LogP contribution in [0.3, 0.4) is 0 Å². The molecule has 3 heteroatoms. The number of anilines is 1. The molecule has 2 nitrogen and oxygen atoms in total. The Balaban J connectivity index is 1.93. The first-order valence-corrected chi connectivity index (χ1v) is 6.74. The van der Waals surface area contributed by atoms with Gasteiger partial charge in [0.2, 0.25) is 0 Å². The van der Waals surface area contributed by atoms with Crippen LogP contribution in [0.1, 0.15) is 11.1 Å². The summed E-state index contributed by atoms with van der Waals surface area (Å²) in [7, 11) is 6.15. The molecule has 0 N–H and O–H groups in total. The SMILES string of the molecule is CN(Cc1ccc(F)cc1)Cc1ccc(N(C)C)cc1. The van der Waals surface area contributed by atoms with Gasteiger partial charge in [-0.3, -0.25) is 4.90 Å². The summed E-state index contributed by atoms with van der Waals surface area (Å²) >= 11 is 0. The summed E-state index contributed by atoms with van der Waals surface area (Å²) in [6.07, 6.45) is 0. The zero-order valence-electron chi connectivity index (χ0n) is 12.3. The maximum Gasteiger partial charge on any atom is 0.123 e. The lowest BCUT2D eigenvalue weighted by atomic mass is 10.1. The molecule has 0 spiro atoms. The van der Waals surface area contributed by atoms with Crippen LogP contribution < -0.4 is 4.90 Å². The molecule has 0 fully saturated rings. The minimum atomic E-state index is -0.185. The fraction of sp³-hybridized carbons (Fsp3) is 0.294. The molecule has 2 aromatic rings. The highest BCUT2D eigenvalue weighted by molar-refractivity contribution is 5.45. The fourth-order valence-electron chi connectivity index (χ4n) is 2.17. The second-order valence-electron chi connectivity index (χ2n) is 5.36. The molecular formula is C17H21FN2. The van der Waals surface area contributed by atoms with E-state index in [-0.39, 0.29) is 5.82 Å². The van der Waals surface area contributed by atoms with Gasteiger partial charge in [0.25, 0.3) is 0 Å². The summed E-state index contributed by atoms with van der Waals surface area (Å²) < 4.78 is 12.9. The standard InChI is InChI=1S/C17H21FN2/c1-19(2)17-10-6-15(7-11-17)13-20(3)12-14-4-8-16(18)9-5-14/h4-11H,12-13H2,1-3H3. The van der Waals surface area contributed by atoms with Crippen molar-refractivity contribution in [2.24, 2.45) is 0 Å². The largest absolute Gasteiger partial charge is 0.378 e. The Kier molecular flexibility index (Phi) is 4.74. The average molecular weight is 272 g/mol. The van der Waals surface area contributed by atoms with Crippen LogP contribution in [0.15, 0.2) is 48.5 Å². The summed E-state index contributed by atoms with van der Waals surface area (Å²) in [5, 5.41) is 0. The van der Waals surface area contributed by atoms with Gasteiger partial charge in [0.1, 0.15) is 5.82 Å². The van der Waals surface area contributed by atoms with Crippen LogP contribution >= 0.6 is 0 Å². The maximum atomic E-state index is 12.9. The molecule has 0 aromatic heterocycles. The van der Waals surface area contributed by atoms with Gasteiger partial charge in [-0.2, -0.15) is 0 Å². The van der Waals surface area contributed by atoms with Gasteiger partial charge in [-0.05, 0) is 42.4 Å². The third kappa shape index (κ3) is 4.07. The quantitative estimate of drug-likeness (QED) is 0.821. The lowest BCUT2D eigenvalue weighted by molar-refractivity contribution is 0.319. The van der Waals surface area contributed by atoms with E-state index < -0.39 is 0 Å². The Morgan fingerprint density at radius 3 is 1.65 bits per heavy atom. The third-order valence-electron chi connectivity index (χ3n) is 3.27. The van der Waals surface area contributed by atoms with Gasteiger partial charge in [0.05, 0.1) is 0 Å². The van der Waals surface area contributed by atoms with Gasteiger partial charge < -0.3 is 4.90 Å². The number of benzene rings is 2. The van der Waals surface area contributed by atoms with Gasteiger partial charge in [-0.15, -0.1) is 0 Å². The number of nitrogens with zero attached hydrogens (tertiary/aromatic N) is 2. The van der Waals surface area contributed by atoms with E-state index in [2.05, 4.69) is 41.1 Å². The molecule has 0 aliphatic carbocycles. The van der Waals surface area contributed by atoms with Crippen molar-refractivity contribution in [3.63, 3.8) is 0 Å². The molecule has 20 heavy (non-hydrogen) atoms. The van der Waals surface area contributed by atoms with Crippen LogP contribution in [0, 0.1) is 5.82 Å². The van der Waals surface area contributed by atoms with Crippen LogP contribution in [-0.2, 0) is 13.1 Å². The van der Waals surface area contributed by atoms with Gasteiger partial charge >= 0.3 is 0 Å². The number of hydrogen-bond donors (Lipinski definition) is 0. The number of rotatable bonds is 5. The Morgan fingerprint density at radius 1 is 0.750 bits per heavy atom. The fourth-order valence-corrected chi connectivity index (χ4v) is 2.17. The third-order valence-corrected chi connectivity index (χ3v) is 3.27. The van der Waals surface area contributed by atoms with E-state index in [9.17, 15) is 4.39 Å². The van der Waals surface area contributed by atoms with Crippen molar-refractivity contribution in [3.8, 4) is 0 Å². The number of halogens is 1.